The summed E-state index contributed by atoms with van der Waals surface area (Å²) in [4.78, 5) is 22.8. The molecule has 3 aromatic heterocycles. The first kappa shape index (κ1) is 16.0. The first-order chi connectivity index (χ1) is 12.1. The van der Waals surface area contributed by atoms with Crippen molar-refractivity contribution >= 4 is 33.1 Å². The van der Waals surface area contributed by atoms with Crippen molar-refractivity contribution in [3.63, 3.8) is 0 Å². The van der Waals surface area contributed by atoms with Crippen molar-refractivity contribution in [2.45, 2.75) is 32.7 Å². The van der Waals surface area contributed by atoms with Gasteiger partial charge in [0.1, 0.15) is 9.71 Å². The average molecular weight is 352 g/mol. The van der Waals surface area contributed by atoms with Gasteiger partial charge in [-0.3, -0.25) is 9.78 Å². The molecule has 3 heterocycles. The molecular weight excluding hydrogens is 332 g/mol. The fourth-order valence-electron chi connectivity index (χ4n) is 3.31. The van der Waals surface area contributed by atoms with Crippen LogP contribution in [0, 0.1) is 5.92 Å². The molecule has 3 N–H and O–H groups in total. The van der Waals surface area contributed by atoms with Crippen LogP contribution in [0.3, 0.4) is 0 Å². The number of carbonyl (C=O) groups excluding carboxylic acids is 1. The van der Waals surface area contributed by atoms with Crippen LogP contribution in [0.1, 0.15) is 39.8 Å². The van der Waals surface area contributed by atoms with Gasteiger partial charge < -0.3 is 11.1 Å². The Balaban J connectivity index is 1.61. The van der Waals surface area contributed by atoms with E-state index in [-0.39, 0.29) is 5.91 Å². The predicted octanol–water partition coefficient (Wildman–Crippen LogP) is 3.33. The maximum atomic E-state index is 12.6. The van der Waals surface area contributed by atoms with Crippen molar-refractivity contribution < 1.29 is 4.79 Å². The number of amides is 1. The number of nitrogens with two attached hydrogens (primary N) is 1. The molecule has 1 atom stereocenters. The second-order valence-corrected chi connectivity index (χ2v) is 7.68. The largest absolute Gasteiger partial charge is 0.397 e. The summed E-state index contributed by atoms with van der Waals surface area (Å²) in [5, 5.41) is 3.82. The summed E-state index contributed by atoms with van der Waals surface area (Å²) in [6, 6.07) is 5.92. The molecule has 3 aromatic rings. The zero-order chi connectivity index (χ0) is 17.4. The number of aryl methyl sites for hydroxylation is 1. The highest BCUT2D eigenvalue weighted by Crippen LogP contribution is 2.36. The molecule has 6 heteroatoms. The average Bonchev–Trinajstić information content (AvgIpc) is 2.95. The highest BCUT2D eigenvalue weighted by atomic mass is 32.1. The number of hydrogen-bond acceptors (Lipinski definition) is 5. The van der Waals surface area contributed by atoms with Crippen LogP contribution < -0.4 is 11.1 Å². The third kappa shape index (κ3) is 3.09. The monoisotopic (exact) mass is 352 g/mol. The number of fused-ring (bicyclic) bond motifs is 2. The summed E-state index contributed by atoms with van der Waals surface area (Å²) in [6.07, 6.45) is 6.67. The number of nitrogen functional groups attached to an aromatic ring is 1. The highest BCUT2D eigenvalue weighted by Gasteiger charge is 2.22. The molecule has 1 aliphatic rings. The molecule has 1 aliphatic carbocycles. The van der Waals surface area contributed by atoms with Crippen LogP contribution in [0.5, 0.6) is 0 Å². The number of nitrogens with zero attached hydrogens (tertiary/aromatic N) is 2. The summed E-state index contributed by atoms with van der Waals surface area (Å²) in [7, 11) is 0. The third-order valence-electron chi connectivity index (χ3n) is 4.71. The maximum absolute atomic E-state index is 12.6. The van der Waals surface area contributed by atoms with Gasteiger partial charge in [-0.05, 0) is 48.4 Å². The van der Waals surface area contributed by atoms with E-state index in [9.17, 15) is 4.79 Å². The molecular formula is C19H20N4OS. The van der Waals surface area contributed by atoms with Gasteiger partial charge >= 0.3 is 0 Å². The number of hydrogen-bond donors (Lipinski definition) is 2. The molecule has 0 saturated carbocycles. The lowest BCUT2D eigenvalue weighted by atomic mass is 9.87. The fraction of sp³-hybridized carbons (Fsp3) is 0.316. The normalized spacial score (nSPS) is 16.6. The summed E-state index contributed by atoms with van der Waals surface area (Å²) >= 11 is 1.38. The van der Waals surface area contributed by atoms with E-state index in [2.05, 4.69) is 23.3 Å². The SMILES string of the molecule is CC1CCc2nc3sc(C(=O)NCc4cccnc4)c(N)c3cc2C1. The van der Waals surface area contributed by atoms with E-state index in [4.69, 9.17) is 10.7 Å². The summed E-state index contributed by atoms with van der Waals surface area (Å²) in [5.41, 5.74) is 10.2. The number of thiophene rings is 1. The summed E-state index contributed by atoms with van der Waals surface area (Å²) < 4.78 is 0. The predicted molar refractivity (Wildman–Crippen MR) is 101 cm³/mol. The molecule has 1 amide bonds. The zero-order valence-electron chi connectivity index (χ0n) is 14.1. The molecule has 0 fully saturated rings. The number of anilines is 1. The van der Waals surface area contributed by atoms with Gasteiger partial charge in [-0.25, -0.2) is 4.98 Å². The van der Waals surface area contributed by atoms with Crippen LogP contribution in [0.2, 0.25) is 0 Å². The van der Waals surface area contributed by atoms with E-state index in [0.29, 0.717) is 23.0 Å². The Labute approximate surface area is 150 Å². The second-order valence-electron chi connectivity index (χ2n) is 6.68. The fourth-order valence-corrected chi connectivity index (χ4v) is 4.32. The molecule has 5 nitrogen and oxygen atoms in total. The first-order valence-electron chi connectivity index (χ1n) is 8.49. The molecule has 0 spiro atoms. The number of nitrogens with one attached hydrogen (secondary N) is 1. The van der Waals surface area contributed by atoms with E-state index < -0.39 is 0 Å². The van der Waals surface area contributed by atoms with Crippen LogP contribution in [0.4, 0.5) is 5.69 Å². The Morgan fingerprint density at radius 3 is 3.16 bits per heavy atom. The van der Waals surface area contributed by atoms with Crippen LogP contribution in [-0.4, -0.2) is 15.9 Å². The van der Waals surface area contributed by atoms with Crippen molar-refractivity contribution in [1.82, 2.24) is 15.3 Å². The minimum absolute atomic E-state index is 0.157. The van der Waals surface area contributed by atoms with Gasteiger partial charge in [0.2, 0.25) is 0 Å². The van der Waals surface area contributed by atoms with E-state index in [1.807, 2.05) is 12.1 Å². The molecule has 4 rings (SSSR count). The van der Waals surface area contributed by atoms with Crippen molar-refractivity contribution in [3.05, 3.63) is 52.3 Å². The quantitative estimate of drug-likeness (QED) is 0.758. The topological polar surface area (TPSA) is 80.9 Å². The van der Waals surface area contributed by atoms with Gasteiger partial charge in [-0.2, -0.15) is 0 Å². The van der Waals surface area contributed by atoms with Crippen molar-refractivity contribution in [1.29, 1.82) is 0 Å². The lowest BCUT2D eigenvalue weighted by molar-refractivity contribution is 0.0956. The Morgan fingerprint density at radius 2 is 2.36 bits per heavy atom. The smallest absolute Gasteiger partial charge is 0.263 e. The van der Waals surface area contributed by atoms with E-state index in [1.54, 1.807) is 12.4 Å². The minimum atomic E-state index is -0.157. The van der Waals surface area contributed by atoms with Gasteiger partial charge in [-0.1, -0.05) is 13.0 Å². The number of aromatic nitrogens is 2. The second kappa shape index (κ2) is 6.44. The number of pyridine rings is 2. The van der Waals surface area contributed by atoms with Crippen molar-refractivity contribution in [3.8, 4) is 0 Å². The molecule has 128 valence electrons. The maximum Gasteiger partial charge on any atom is 0.263 e. The number of carbonyl (C=O) groups is 1. The van der Waals surface area contributed by atoms with Crippen LogP contribution in [0.15, 0.2) is 30.6 Å². The van der Waals surface area contributed by atoms with E-state index in [1.165, 1.54) is 23.3 Å². The third-order valence-corrected chi connectivity index (χ3v) is 5.83. The van der Waals surface area contributed by atoms with E-state index >= 15 is 0 Å². The summed E-state index contributed by atoms with van der Waals surface area (Å²) in [6.45, 7) is 2.70. The number of rotatable bonds is 3. The molecule has 0 aliphatic heterocycles. The zero-order valence-corrected chi connectivity index (χ0v) is 14.9. The van der Waals surface area contributed by atoms with E-state index in [0.717, 1.165) is 34.3 Å². The molecule has 0 saturated heterocycles. The first-order valence-corrected chi connectivity index (χ1v) is 9.31. The van der Waals surface area contributed by atoms with Crippen LogP contribution in [0.25, 0.3) is 10.2 Å². The minimum Gasteiger partial charge on any atom is -0.397 e. The molecule has 0 bridgehead atoms. The standard InChI is InChI=1S/C19H20N4OS/c1-11-4-5-15-13(7-11)8-14-16(20)17(25-19(14)23-15)18(24)22-10-12-3-2-6-21-9-12/h2-3,6,8-9,11H,4-5,7,10,20H2,1H3,(H,22,24). The molecule has 0 radical (unpaired) electrons. The summed E-state index contributed by atoms with van der Waals surface area (Å²) in [5.74, 6) is 0.518. The molecule has 1 unspecified atom stereocenters. The van der Waals surface area contributed by atoms with Gasteiger partial charge in [0, 0.05) is 30.0 Å². The molecule has 25 heavy (non-hydrogen) atoms. The van der Waals surface area contributed by atoms with Crippen LogP contribution in [-0.2, 0) is 19.4 Å². The Bertz CT molecular complexity index is 935. The molecule has 0 aromatic carbocycles. The van der Waals surface area contributed by atoms with Crippen molar-refractivity contribution in [2.24, 2.45) is 5.92 Å². The Morgan fingerprint density at radius 1 is 1.48 bits per heavy atom. The van der Waals surface area contributed by atoms with Gasteiger partial charge in [0.15, 0.2) is 0 Å². The van der Waals surface area contributed by atoms with Crippen molar-refractivity contribution in [2.75, 3.05) is 5.73 Å². The van der Waals surface area contributed by atoms with Gasteiger partial charge in [0.25, 0.3) is 5.91 Å². The van der Waals surface area contributed by atoms with Gasteiger partial charge in [0.05, 0.1) is 5.69 Å². The van der Waals surface area contributed by atoms with Gasteiger partial charge in [-0.15, -0.1) is 11.3 Å². The lowest BCUT2D eigenvalue weighted by Gasteiger charge is -2.20. The van der Waals surface area contributed by atoms with Crippen LogP contribution >= 0.6 is 11.3 Å². The highest BCUT2D eigenvalue weighted by molar-refractivity contribution is 7.21. The lowest BCUT2D eigenvalue weighted by Crippen LogP contribution is -2.22. The Kier molecular flexibility index (Phi) is 4.13. The Hall–Kier alpha value is -2.47.